The third-order valence-electron chi connectivity index (χ3n) is 5.16. The van der Waals surface area contributed by atoms with E-state index < -0.39 is 0 Å². The monoisotopic (exact) mass is 381 g/mol. The number of nitrogens with zero attached hydrogens (tertiary/aromatic N) is 2. The Morgan fingerprint density at radius 3 is 2.43 bits per heavy atom. The molecule has 28 heavy (non-hydrogen) atoms. The van der Waals surface area contributed by atoms with Crippen LogP contribution >= 0.6 is 0 Å². The summed E-state index contributed by atoms with van der Waals surface area (Å²) in [7, 11) is 1.74. The number of nitrogens with two attached hydrogens (primary N) is 1. The Morgan fingerprint density at radius 1 is 1.11 bits per heavy atom. The van der Waals surface area contributed by atoms with E-state index >= 15 is 0 Å². The lowest BCUT2D eigenvalue weighted by atomic mass is 10.0. The van der Waals surface area contributed by atoms with Gasteiger partial charge in [0, 0.05) is 32.2 Å². The van der Waals surface area contributed by atoms with E-state index in [0.29, 0.717) is 38.0 Å². The molecular weight excluding hydrogens is 354 g/mol. The first-order valence-electron chi connectivity index (χ1n) is 9.58. The highest BCUT2D eigenvalue weighted by Gasteiger charge is 2.22. The molecule has 0 aromatic heterocycles. The van der Waals surface area contributed by atoms with E-state index in [9.17, 15) is 14.7 Å². The minimum atomic E-state index is -0.294. The van der Waals surface area contributed by atoms with Gasteiger partial charge in [-0.2, -0.15) is 0 Å². The molecule has 0 bridgehead atoms. The third kappa shape index (κ3) is 4.77. The zero-order valence-corrected chi connectivity index (χ0v) is 16.2. The number of carbonyl (C=O) groups is 2. The van der Waals surface area contributed by atoms with Gasteiger partial charge < -0.3 is 20.6 Å². The summed E-state index contributed by atoms with van der Waals surface area (Å²) < 4.78 is 0. The molecule has 1 aliphatic heterocycles. The molecule has 6 nitrogen and oxygen atoms in total. The predicted molar refractivity (Wildman–Crippen MR) is 109 cm³/mol. The summed E-state index contributed by atoms with van der Waals surface area (Å²) in [5.74, 6) is -0.0902. The second-order valence-electron chi connectivity index (χ2n) is 7.26. The van der Waals surface area contributed by atoms with Crippen molar-refractivity contribution < 1.29 is 14.7 Å². The van der Waals surface area contributed by atoms with Gasteiger partial charge in [-0.1, -0.05) is 30.3 Å². The first-order chi connectivity index (χ1) is 13.5. The van der Waals surface area contributed by atoms with E-state index in [0.717, 1.165) is 16.7 Å². The summed E-state index contributed by atoms with van der Waals surface area (Å²) in [6.45, 7) is 1.70. The van der Waals surface area contributed by atoms with Gasteiger partial charge in [-0.25, -0.2) is 0 Å². The van der Waals surface area contributed by atoms with Crippen LogP contribution in [-0.2, 0) is 11.3 Å². The number of rotatable bonds is 5. The standard InChI is InChI=1S/C22H27N3O3/c1-24(21(27)14-23)15-16-3-2-4-19(13-16)17-5-7-18(8-6-17)22(28)25-11-9-20(26)10-12-25/h2-8,13,20,26H,9-12,14-15,23H2,1H3. The molecule has 2 amide bonds. The molecule has 1 fully saturated rings. The van der Waals surface area contributed by atoms with Gasteiger partial charge in [0.05, 0.1) is 12.6 Å². The zero-order chi connectivity index (χ0) is 20.1. The normalized spacial score (nSPS) is 14.8. The van der Waals surface area contributed by atoms with Crippen LogP contribution in [0, 0.1) is 0 Å². The number of aliphatic hydroxyl groups excluding tert-OH is 1. The molecule has 1 aliphatic rings. The number of hydrogen-bond acceptors (Lipinski definition) is 4. The molecule has 2 aromatic rings. The van der Waals surface area contributed by atoms with E-state index in [1.165, 1.54) is 0 Å². The molecule has 0 aliphatic carbocycles. The summed E-state index contributed by atoms with van der Waals surface area (Å²) >= 11 is 0. The third-order valence-corrected chi connectivity index (χ3v) is 5.16. The number of amides is 2. The van der Waals surface area contributed by atoms with Crippen LogP contribution in [0.1, 0.15) is 28.8 Å². The van der Waals surface area contributed by atoms with Gasteiger partial charge >= 0.3 is 0 Å². The Kier molecular flexibility index (Phi) is 6.44. The van der Waals surface area contributed by atoms with Crippen molar-refractivity contribution in [1.82, 2.24) is 9.80 Å². The summed E-state index contributed by atoms with van der Waals surface area (Å²) in [5.41, 5.74) is 9.14. The maximum atomic E-state index is 12.6. The summed E-state index contributed by atoms with van der Waals surface area (Å²) in [4.78, 5) is 27.7. The number of benzene rings is 2. The van der Waals surface area contributed by atoms with Crippen LogP contribution in [0.5, 0.6) is 0 Å². The van der Waals surface area contributed by atoms with Crippen molar-refractivity contribution in [2.45, 2.75) is 25.5 Å². The Labute approximate surface area is 165 Å². The minimum absolute atomic E-state index is 0.00165. The minimum Gasteiger partial charge on any atom is -0.393 e. The second-order valence-corrected chi connectivity index (χ2v) is 7.26. The average molecular weight is 381 g/mol. The maximum Gasteiger partial charge on any atom is 0.253 e. The van der Waals surface area contributed by atoms with Gasteiger partial charge in [-0.05, 0) is 47.7 Å². The Balaban J connectivity index is 1.70. The fourth-order valence-electron chi connectivity index (χ4n) is 3.42. The van der Waals surface area contributed by atoms with Crippen LogP contribution in [-0.4, -0.2) is 59.5 Å². The molecule has 3 N–H and O–H groups in total. The lowest BCUT2D eigenvalue weighted by molar-refractivity contribution is -0.128. The quantitative estimate of drug-likeness (QED) is 0.828. The molecule has 0 atom stereocenters. The van der Waals surface area contributed by atoms with E-state index in [1.807, 2.05) is 48.5 Å². The molecule has 6 heteroatoms. The van der Waals surface area contributed by atoms with Crippen LogP contribution in [0.3, 0.4) is 0 Å². The molecule has 2 aromatic carbocycles. The SMILES string of the molecule is CN(Cc1cccc(-c2ccc(C(=O)N3CCC(O)CC3)cc2)c1)C(=O)CN. The number of carbonyl (C=O) groups excluding carboxylic acids is 2. The average Bonchev–Trinajstić information content (AvgIpc) is 2.73. The van der Waals surface area contributed by atoms with Crippen molar-refractivity contribution in [2.75, 3.05) is 26.7 Å². The van der Waals surface area contributed by atoms with Crippen molar-refractivity contribution in [3.63, 3.8) is 0 Å². The van der Waals surface area contributed by atoms with Crippen molar-refractivity contribution in [3.8, 4) is 11.1 Å². The van der Waals surface area contributed by atoms with E-state index in [2.05, 4.69) is 0 Å². The Morgan fingerprint density at radius 2 is 1.79 bits per heavy atom. The molecule has 148 valence electrons. The molecule has 0 spiro atoms. The number of likely N-dealkylation sites (N-methyl/N-ethyl adjacent to an activating group) is 1. The number of hydrogen-bond donors (Lipinski definition) is 2. The number of likely N-dealkylation sites (tertiary alicyclic amines) is 1. The van der Waals surface area contributed by atoms with Crippen LogP contribution in [0.15, 0.2) is 48.5 Å². The van der Waals surface area contributed by atoms with E-state index in [-0.39, 0.29) is 24.5 Å². The molecule has 1 saturated heterocycles. The van der Waals surface area contributed by atoms with Gasteiger partial charge in [-0.3, -0.25) is 9.59 Å². The van der Waals surface area contributed by atoms with Crippen molar-refractivity contribution in [2.24, 2.45) is 5.73 Å². The summed E-state index contributed by atoms with van der Waals surface area (Å²) in [6, 6.07) is 15.6. The largest absolute Gasteiger partial charge is 0.393 e. The maximum absolute atomic E-state index is 12.6. The molecule has 0 radical (unpaired) electrons. The highest BCUT2D eigenvalue weighted by atomic mass is 16.3. The van der Waals surface area contributed by atoms with E-state index in [4.69, 9.17) is 5.73 Å². The summed E-state index contributed by atoms with van der Waals surface area (Å²) in [5, 5.41) is 9.60. The zero-order valence-electron chi connectivity index (χ0n) is 16.2. The topological polar surface area (TPSA) is 86.9 Å². The van der Waals surface area contributed by atoms with Crippen molar-refractivity contribution in [3.05, 3.63) is 59.7 Å². The van der Waals surface area contributed by atoms with Crippen LogP contribution < -0.4 is 5.73 Å². The highest BCUT2D eigenvalue weighted by Crippen LogP contribution is 2.23. The lowest BCUT2D eigenvalue weighted by Crippen LogP contribution is -2.40. The smallest absolute Gasteiger partial charge is 0.253 e. The first kappa shape index (κ1) is 20.0. The van der Waals surface area contributed by atoms with Crippen LogP contribution in [0.2, 0.25) is 0 Å². The molecular formula is C22H27N3O3. The Hall–Kier alpha value is -2.70. The molecule has 1 heterocycles. The molecule has 0 unspecified atom stereocenters. The van der Waals surface area contributed by atoms with Gasteiger partial charge in [0.15, 0.2) is 0 Å². The fourth-order valence-corrected chi connectivity index (χ4v) is 3.42. The van der Waals surface area contributed by atoms with Crippen molar-refractivity contribution in [1.29, 1.82) is 0 Å². The fraction of sp³-hybridized carbons (Fsp3) is 0.364. The lowest BCUT2D eigenvalue weighted by Gasteiger charge is -2.29. The van der Waals surface area contributed by atoms with Crippen LogP contribution in [0.25, 0.3) is 11.1 Å². The Bertz CT molecular complexity index is 827. The van der Waals surface area contributed by atoms with Crippen LogP contribution in [0.4, 0.5) is 0 Å². The molecule has 3 rings (SSSR count). The first-order valence-corrected chi connectivity index (χ1v) is 9.58. The summed E-state index contributed by atoms with van der Waals surface area (Å²) in [6.07, 6.45) is 0.980. The number of piperidine rings is 1. The van der Waals surface area contributed by atoms with Gasteiger partial charge in [-0.15, -0.1) is 0 Å². The van der Waals surface area contributed by atoms with Gasteiger partial charge in [0.1, 0.15) is 0 Å². The van der Waals surface area contributed by atoms with E-state index in [1.54, 1.807) is 16.8 Å². The number of aliphatic hydroxyl groups is 1. The second kappa shape index (κ2) is 8.99. The predicted octanol–water partition coefficient (Wildman–Crippen LogP) is 1.87. The molecule has 0 saturated carbocycles. The highest BCUT2D eigenvalue weighted by molar-refractivity contribution is 5.94. The van der Waals surface area contributed by atoms with Gasteiger partial charge in [0.25, 0.3) is 5.91 Å². The van der Waals surface area contributed by atoms with Gasteiger partial charge in [0.2, 0.25) is 5.91 Å². The van der Waals surface area contributed by atoms with Crippen molar-refractivity contribution >= 4 is 11.8 Å².